The van der Waals surface area contributed by atoms with Gasteiger partial charge in [-0.05, 0) is 30.4 Å². The second-order valence-corrected chi connectivity index (χ2v) is 5.70. The van der Waals surface area contributed by atoms with Gasteiger partial charge in [0.05, 0.1) is 0 Å². The van der Waals surface area contributed by atoms with Gasteiger partial charge in [-0.1, -0.05) is 51.0 Å². The molecule has 4 heteroatoms. The molecule has 0 aromatic heterocycles. The van der Waals surface area contributed by atoms with Crippen LogP contribution in [-0.2, 0) is 12.8 Å². The smallest absolute Gasteiger partial charge is 0.144 e. The van der Waals surface area contributed by atoms with Gasteiger partial charge in [-0.15, -0.1) is 0 Å². The molecule has 0 amide bonds. The molecular formula is C16H27N3O. The van der Waals surface area contributed by atoms with Crippen molar-refractivity contribution in [2.45, 2.75) is 47.0 Å². The first-order valence-electron chi connectivity index (χ1n) is 7.28. The summed E-state index contributed by atoms with van der Waals surface area (Å²) in [7, 11) is 0. The molecule has 0 saturated heterocycles. The van der Waals surface area contributed by atoms with Crippen LogP contribution in [0, 0.1) is 5.41 Å². The summed E-state index contributed by atoms with van der Waals surface area (Å²) in [5, 5.41) is 15.4. The Morgan fingerprint density at radius 1 is 1.25 bits per heavy atom. The number of amidine groups is 1. The molecule has 0 spiro atoms. The fourth-order valence-corrected chi connectivity index (χ4v) is 2.23. The lowest BCUT2D eigenvalue weighted by Crippen LogP contribution is -2.33. The maximum atomic E-state index is 8.79. The molecule has 0 saturated carbocycles. The lowest BCUT2D eigenvalue weighted by atomic mass is 9.88. The first-order valence-corrected chi connectivity index (χ1v) is 7.28. The standard InChI is InChI=1S/C16H27N3O/c1-5-12-8-7-9-13(6-2)14(12)18-11-10-16(3,4)15(17)19-20/h7-9,18,20H,5-6,10-11H2,1-4H3,(H2,17,19). The van der Waals surface area contributed by atoms with Gasteiger partial charge in [-0.2, -0.15) is 0 Å². The van der Waals surface area contributed by atoms with Gasteiger partial charge in [0, 0.05) is 17.6 Å². The molecule has 112 valence electrons. The number of benzene rings is 1. The van der Waals surface area contributed by atoms with E-state index in [9.17, 15) is 0 Å². The Kier molecular flexibility index (Phi) is 5.86. The third kappa shape index (κ3) is 3.89. The van der Waals surface area contributed by atoms with E-state index in [0.29, 0.717) is 0 Å². The van der Waals surface area contributed by atoms with E-state index < -0.39 is 0 Å². The molecule has 0 fully saturated rings. The highest BCUT2D eigenvalue weighted by Crippen LogP contribution is 2.25. The molecule has 4 nitrogen and oxygen atoms in total. The maximum absolute atomic E-state index is 8.79. The van der Waals surface area contributed by atoms with Crippen molar-refractivity contribution in [1.82, 2.24) is 0 Å². The molecule has 0 aliphatic rings. The highest BCUT2D eigenvalue weighted by Gasteiger charge is 2.23. The Morgan fingerprint density at radius 3 is 2.25 bits per heavy atom. The summed E-state index contributed by atoms with van der Waals surface area (Å²) in [5.74, 6) is 0.277. The highest BCUT2D eigenvalue weighted by atomic mass is 16.4. The summed E-state index contributed by atoms with van der Waals surface area (Å²) in [5.41, 5.74) is 9.33. The molecule has 0 aliphatic heterocycles. The second-order valence-electron chi connectivity index (χ2n) is 5.70. The molecule has 1 aromatic rings. The molecule has 0 radical (unpaired) electrons. The molecule has 0 heterocycles. The van der Waals surface area contributed by atoms with Gasteiger partial charge >= 0.3 is 0 Å². The van der Waals surface area contributed by atoms with Crippen molar-refractivity contribution in [3.05, 3.63) is 29.3 Å². The SMILES string of the molecule is CCc1cccc(CC)c1NCCC(C)(C)C(N)=NO. The van der Waals surface area contributed by atoms with Gasteiger partial charge in [0.2, 0.25) is 0 Å². The van der Waals surface area contributed by atoms with Crippen molar-refractivity contribution in [3.8, 4) is 0 Å². The number of para-hydroxylation sites is 1. The Bertz CT molecular complexity index is 445. The molecule has 20 heavy (non-hydrogen) atoms. The van der Waals surface area contributed by atoms with Crippen LogP contribution < -0.4 is 11.1 Å². The van der Waals surface area contributed by atoms with Crippen molar-refractivity contribution in [3.63, 3.8) is 0 Å². The van der Waals surface area contributed by atoms with E-state index in [1.54, 1.807) is 0 Å². The van der Waals surface area contributed by atoms with Crippen molar-refractivity contribution in [2.75, 3.05) is 11.9 Å². The third-order valence-electron chi connectivity index (χ3n) is 3.85. The zero-order valence-electron chi connectivity index (χ0n) is 13.0. The topological polar surface area (TPSA) is 70.6 Å². The van der Waals surface area contributed by atoms with E-state index in [-0.39, 0.29) is 11.3 Å². The van der Waals surface area contributed by atoms with Crippen LogP contribution in [0.4, 0.5) is 5.69 Å². The highest BCUT2D eigenvalue weighted by molar-refractivity contribution is 5.85. The Balaban J connectivity index is 2.76. The normalized spacial score (nSPS) is 12.5. The minimum atomic E-state index is -0.310. The van der Waals surface area contributed by atoms with Crippen LogP contribution in [0.5, 0.6) is 0 Å². The molecule has 0 atom stereocenters. The van der Waals surface area contributed by atoms with Crippen LogP contribution in [-0.4, -0.2) is 17.6 Å². The number of hydrogen-bond donors (Lipinski definition) is 3. The monoisotopic (exact) mass is 277 g/mol. The van der Waals surface area contributed by atoms with E-state index in [4.69, 9.17) is 10.9 Å². The lowest BCUT2D eigenvalue weighted by Gasteiger charge is -2.24. The molecule has 0 bridgehead atoms. The number of nitrogens with zero attached hydrogens (tertiary/aromatic N) is 1. The van der Waals surface area contributed by atoms with Gasteiger partial charge in [-0.3, -0.25) is 0 Å². The van der Waals surface area contributed by atoms with Crippen molar-refractivity contribution < 1.29 is 5.21 Å². The Labute approximate surface area is 122 Å². The van der Waals surface area contributed by atoms with Crippen molar-refractivity contribution in [2.24, 2.45) is 16.3 Å². The summed E-state index contributed by atoms with van der Waals surface area (Å²) >= 11 is 0. The summed E-state index contributed by atoms with van der Waals surface area (Å²) in [6, 6.07) is 6.44. The average Bonchev–Trinajstić information content (AvgIpc) is 2.46. The van der Waals surface area contributed by atoms with E-state index in [1.807, 2.05) is 13.8 Å². The fourth-order valence-electron chi connectivity index (χ4n) is 2.23. The first-order chi connectivity index (χ1) is 9.46. The minimum absolute atomic E-state index is 0.277. The summed E-state index contributed by atoms with van der Waals surface area (Å²) in [6.07, 6.45) is 2.84. The largest absolute Gasteiger partial charge is 0.409 e. The molecule has 1 aromatic carbocycles. The van der Waals surface area contributed by atoms with E-state index in [2.05, 4.69) is 42.5 Å². The number of nitrogens with one attached hydrogen (secondary N) is 1. The Hall–Kier alpha value is -1.71. The zero-order valence-corrected chi connectivity index (χ0v) is 13.0. The molecule has 0 unspecified atom stereocenters. The number of hydrogen-bond acceptors (Lipinski definition) is 3. The summed E-state index contributed by atoms with van der Waals surface area (Å²) in [6.45, 7) is 9.10. The van der Waals surface area contributed by atoms with Gasteiger partial charge in [0.15, 0.2) is 0 Å². The van der Waals surface area contributed by atoms with Crippen LogP contribution in [0.2, 0.25) is 0 Å². The third-order valence-corrected chi connectivity index (χ3v) is 3.85. The second kappa shape index (κ2) is 7.17. The molecular weight excluding hydrogens is 250 g/mol. The number of oxime groups is 1. The lowest BCUT2D eigenvalue weighted by molar-refractivity contribution is 0.306. The fraction of sp³-hybridized carbons (Fsp3) is 0.562. The van der Waals surface area contributed by atoms with E-state index in [0.717, 1.165) is 25.8 Å². The summed E-state index contributed by atoms with van der Waals surface area (Å²) in [4.78, 5) is 0. The van der Waals surface area contributed by atoms with Gasteiger partial charge in [-0.25, -0.2) is 0 Å². The first kappa shape index (κ1) is 16.3. The van der Waals surface area contributed by atoms with E-state index >= 15 is 0 Å². The van der Waals surface area contributed by atoms with Crippen molar-refractivity contribution in [1.29, 1.82) is 0 Å². The van der Waals surface area contributed by atoms with E-state index in [1.165, 1.54) is 16.8 Å². The molecule has 1 rings (SSSR count). The maximum Gasteiger partial charge on any atom is 0.144 e. The van der Waals surface area contributed by atoms with Crippen LogP contribution in [0.1, 0.15) is 45.2 Å². The minimum Gasteiger partial charge on any atom is -0.409 e. The predicted molar refractivity (Wildman–Crippen MR) is 85.5 cm³/mol. The van der Waals surface area contributed by atoms with Crippen LogP contribution in [0.15, 0.2) is 23.4 Å². The van der Waals surface area contributed by atoms with Crippen molar-refractivity contribution >= 4 is 11.5 Å². The number of aryl methyl sites for hydroxylation is 2. The number of nitrogens with two attached hydrogens (primary N) is 1. The predicted octanol–water partition coefficient (Wildman–Crippen LogP) is 3.39. The van der Waals surface area contributed by atoms with Crippen LogP contribution in [0.3, 0.4) is 0 Å². The number of rotatable bonds is 7. The Morgan fingerprint density at radius 2 is 1.80 bits per heavy atom. The summed E-state index contributed by atoms with van der Waals surface area (Å²) < 4.78 is 0. The molecule has 0 aliphatic carbocycles. The molecule has 4 N–H and O–H groups in total. The van der Waals surface area contributed by atoms with Gasteiger partial charge in [0.25, 0.3) is 0 Å². The van der Waals surface area contributed by atoms with Gasteiger partial charge in [0.1, 0.15) is 5.84 Å². The zero-order chi connectivity index (χ0) is 15.2. The van der Waals surface area contributed by atoms with Gasteiger partial charge < -0.3 is 16.3 Å². The quantitative estimate of drug-likeness (QED) is 0.310. The van der Waals surface area contributed by atoms with Crippen LogP contribution in [0.25, 0.3) is 0 Å². The number of anilines is 1. The average molecular weight is 277 g/mol. The van der Waals surface area contributed by atoms with Crippen LogP contribution >= 0.6 is 0 Å².